The SMILES string of the molecule is CCS(=O)(=O)c1ccc(OC)c(NC(=O)Oc2cnn(-c3ccc(Cl)cc3)c2C(F)(F)F)c1. The normalized spacial score (nSPS) is 11.8. The van der Waals surface area contributed by atoms with Crippen molar-refractivity contribution in [2.75, 3.05) is 18.2 Å². The van der Waals surface area contributed by atoms with Gasteiger partial charge in [0, 0.05) is 5.02 Å². The summed E-state index contributed by atoms with van der Waals surface area (Å²) in [4.78, 5) is 12.3. The van der Waals surface area contributed by atoms with Gasteiger partial charge in [-0.15, -0.1) is 0 Å². The van der Waals surface area contributed by atoms with Crippen molar-refractivity contribution in [3.63, 3.8) is 0 Å². The maximum absolute atomic E-state index is 13.7. The number of hydrogen-bond donors (Lipinski definition) is 1. The summed E-state index contributed by atoms with van der Waals surface area (Å²) in [7, 11) is -2.34. The molecule has 33 heavy (non-hydrogen) atoms. The number of nitrogens with one attached hydrogen (secondary N) is 1. The van der Waals surface area contributed by atoms with Gasteiger partial charge in [-0.2, -0.15) is 18.3 Å². The third-order valence-electron chi connectivity index (χ3n) is 4.42. The van der Waals surface area contributed by atoms with Crippen LogP contribution in [0, 0.1) is 0 Å². The molecule has 0 fully saturated rings. The van der Waals surface area contributed by atoms with Gasteiger partial charge in [-0.05, 0) is 42.5 Å². The minimum Gasteiger partial charge on any atom is -0.495 e. The fourth-order valence-electron chi connectivity index (χ4n) is 2.83. The Morgan fingerprint density at radius 2 is 1.82 bits per heavy atom. The molecule has 8 nitrogen and oxygen atoms in total. The number of methoxy groups -OCH3 is 1. The number of carbonyl (C=O) groups is 1. The number of anilines is 1. The van der Waals surface area contributed by atoms with Crippen molar-refractivity contribution in [3.05, 3.63) is 59.4 Å². The molecule has 0 aliphatic carbocycles. The van der Waals surface area contributed by atoms with Crippen LogP contribution in [0.4, 0.5) is 23.7 Å². The van der Waals surface area contributed by atoms with Gasteiger partial charge >= 0.3 is 12.3 Å². The van der Waals surface area contributed by atoms with Crippen LogP contribution >= 0.6 is 11.6 Å². The Balaban J connectivity index is 1.93. The highest BCUT2D eigenvalue weighted by Gasteiger charge is 2.40. The van der Waals surface area contributed by atoms with Gasteiger partial charge in [-0.3, -0.25) is 5.32 Å². The van der Waals surface area contributed by atoms with E-state index in [1.54, 1.807) is 0 Å². The lowest BCUT2D eigenvalue weighted by molar-refractivity contribution is -0.143. The maximum atomic E-state index is 13.7. The molecule has 176 valence electrons. The van der Waals surface area contributed by atoms with E-state index >= 15 is 0 Å². The molecule has 2 aromatic carbocycles. The monoisotopic (exact) mass is 503 g/mol. The number of ether oxygens (including phenoxy) is 2. The van der Waals surface area contributed by atoms with E-state index in [9.17, 15) is 26.4 Å². The van der Waals surface area contributed by atoms with Crippen LogP contribution in [0.1, 0.15) is 12.6 Å². The molecule has 0 bridgehead atoms. The number of aromatic nitrogens is 2. The van der Waals surface area contributed by atoms with Gasteiger partial charge in [-0.25, -0.2) is 17.9 Å². The summed E-state index contributed by atoms with van der Waals surface area (Å²) >= 11 is 5.78. The third kappa shape index (κ3) is 5.40. The number of sulfone groups is 1. The van der Waals surface area contributed by atoms with Gasteiger partial charge in [-0.1, -0.05) is 18.5 Å². The van der Waals surface area contributed by atoms with Crippen molar-refractivity contribution < 1.29 is 35.9 Å². The average Bonchev–Trinajstić information content (AvgIpc) is 3.18. The summed E-state index contributed by atoms with van der Waals surface area (Å²) in [5, 5.41) is 6.20. The first kappa shape index (κ1) is 24.4. The molecule has 0 unspecified atom stereocenters. The fourth-order valence-corrected chi connectivity index (χ4v) is 3.86. The highest BCUT2D eigenvalue weighted by Crippen LogP contribution is 2.38. The lowest BCUT2D eigenvalue weighted by atomic mass is 10.3. The molecule has 13 heteroatoms. The highest BCUT2D eigenvalue weighted by molar-refractivity contribution is 7.91. The van der Waals surface area contributed by atoms with Gasteiger partial charge < -0.3 is 9.47 Å². The lowest BCUT2D eigenvalue weighted by Crippen LogP contribution is -2.20. The number of rotatable bonds is 6. The predicted molar refractivity (Wildman–Crippen MR) is 114 cm³/mol. The van der Waals surface area contributed by atoms with Crippen LogP contribution in [-0.4, -0.2) is 37.2 Å². The smallest absolute Gasteiger partial charge is 0.437 e. The van der Waals surface area contributed by atoms with Gasteiger partial charge in [0.25, 0.3) is 0 Å². The van der Waals surface area contributed by atoms with Crippen molar-refractivity contribution in [3.8, 4) is 17.2 Å². The number of halogens is 4. The van der Waals surface area contributed by atoms with Crippen LogP contribution in [0.2, 0.25) is 5.02 Å². The van der Waals surface area contributed by atoms with Gasteiger partial charge in [0.15, 0.2) is 21.3 Å². The molecule has 0 saturated heterocycles. The van der Waals surface area contributed by atoms with Crippen LogP contribution in [0.15, 0.2) is 53.6 Å². The fraction of sp³-hybridized carbons (Fsp3) is 0.200. The third-order valence-corrected chi connectivity index (χ3v) is 6.41. The summed E-state index contributed by atoms with van der Waals surface area (Å²) in [6.07, 6.45) is -5.48. The largest absolute Gasteiger partial charge is 0.495 e. The minimum absolute atomic E-state index is 0.0427. The van der Waals surface area contributed by atoms with Gasteiger partial charge in [0.2, 0.25) is 0 Å². The molecule has 0 radical (unpaired) electrons. The molecule has 1 heterocycles. The summed E-state index contributed by atoms with van der Waals surface area (Å²) < 4.78 is 76.0. The van der Waals surface area contributed by atoms with Crippen LogP contribution in [-0.2, 0) is 16.0 Å². The molecular formula is C20H17ClF3N3O5S. The number of amides is 1. The first-order valence-electron chi connectivity index (χ1n) is 9.27. The van der Waals surface area contributed by atoms with Crippen molar-refractivity contribution >= 4 is 33.2 Å². The van der Waals surface area contributed by atoms with E-state index in [0.717, 1.165) is 12.3 Å². The van der Waals surface area contributed by atoms with E-state index in [1.165, 1.54) is 50.4 Å². The molecule has 0 aliphatic rings. The van der Waals surface area contributed by atoms with Crippen molar-refractivity contribution in [1.29, 1.82) is 0 Å². The first-order chi connectivity index (χ1) is 15.5. The van der Waals surface area contributed by atoms with Crippen molar-refractivity contribution in [2.24, 2.45) is 0 Å². The minimum atomic E-state index is -4.92. The molecule has 3 rings (SSSR count). The van der Waals surface area contributed by atoms with Crippen LogP contribution in [0.5, 0.6) is 11.5 Å². The lowest BCUT2D eigenvalue weighted by Gasteiger charge is -2.14. The van der Waals surface area contributed by atoms with Gasteiger partial charge in [0.05, 0.1) is 35.3 Å². The molecule has 1 N–H and O–H groups in total. The van der Waals surface area contributed by atoms with E-state index in [4.69, 9.17) is 21.1 Å². The zero-order valence-corrected chi connectivity index (χ0v) is 18.8. The Labute approximate surface area is 191 Å². The van der Waals surface area contributed by atoms with Crippen LogP contribution < -0.4 is 14.8 Å². The van der Waals surface area contributed by atoms with E-state index in [1.807, 2.05) is 0 Å². The molecule has 1 amide bonds. The summed E-state index contributed by atoms with van der Waals surface area (Å²) in [5.41, 5.74) is -1.38. The second kappa shape index (κ2) is 9.32. The number of nitrogens with zero attached hydrogens (tertiary/aromatic N) is 2. The standard InChI is InChI=1S/C20H17ClF3N3O5S/c1-3-33(29,30)14-8-9-16(31-2)15(10-14)26-19(28)32-17-11-25-27(18(17)20(22,23)24)13-6-4-12(21)5-7-13/h4-11H,3H2,1-2H3,(H,26,28). The van der Waals surface area contributed by atoms with Crippen molar-refractivity contribution in [2.45, 2.75) is 18.0 Å². The second-order valence-corrected chi connectivity index (χ2v) is 9.24. The molecule has 0 atom stereocenters. The van der Waals surface area contributed by atoms with Crippen LogP contribution in [0.3, 0.4) is 0 Å². The first-order valence-corrected chi connectivity index (χ1v) is 11.3. The molecule has 0 saturated carbocycles. The van der Waals surface area contributed by atoms with E-state index in [0.29, 0.717) is 9.70 Å². The Bertz CT molecular complexity index is 1280. The topological polar surface area (TPSA) is 99.5 Å². The van der Waals surface area contributed by atoms with E-state index < -0.39 is 33.6 Å². The molecule has 0 aliphatic heterocycles. The maximum Gasteiger partial charge on any atom is 0.437 e. The summed E-state index contributed by atoms with van der Waals surface area (Å²) in [6, 6.07) is 9.12. The quantitative estimate of drug-likeness (QED) is 0.510. The predicted octanol–water partition coefficient (Wildman–Crippen LogP) is 4.96. The molecule has 0 spiro atoms. The van der Waals surface area contributed by atoms with E-state index in [-0.39, 0.29) is 27.8 Å². The molecular weight excluding hydrogens is 487 g/mol. The highest BCUT2D eigenvalue weighted by atomic mass is 35.5. The Hall–Kier alpha value is -3.25. The average molecular weight is 504 g/mol. The molecule has 3 aromatic rings. The zero-order chi connectivity index (χ0) is 24.4. The van der Waals surface area contributed by atoms with Gasteiger partial charge in [0.1, 0.15) is 5.75 Å². The Morgan fingerprint density at radius 1 is 1.15 bits per heavy atom. The summed E-state index contributed by atoms with van der Waals surface area (Å²) in [6.45, 7) is 1.44. The zero-order valence-electron chi connectivity index (χ0n) is 17.2. The van der Waals surface area contributed by atoms with E-state index in [2.05, 4.69) is 10.4 Å². The number of alkyl halides is 3. The number of carbonyl (C=O) groups excluding carboxylic acids is 1. The molecule has 1 aromatic heterocycles. The van der Waals surface area contributed by atoms with Crippen LogP contribution in [0.25, 0.3) is 5.69 Å². The number of hydrogen-bond acceptors (Lipinski definition) is 6. The second-order valence-electron chi connectivity index (χ2n) is 6.52. The number of benzene rings is 2. The Kier molecular flexibility index (Phi) is 6.89. The Morgan fingerprint density at radius 3 is 2.39 bits per heavy atom. The summed E-state index contributed by atoms with van der Waals surface area (Å²) in [5.74, 6) is -0.969. The van der Waals surface area contributed by atoms with Crippen molar-refractivity contribution in [1.82, 2.24) is 9.78 Å².